The van der Waals surface area contributed by atoms with Gasteiger partial charge in [0.2, 0.25) is 0 Å². The minimum atomic E-state index is -4.22. The van der Waals surface area contributed by atoms with Crippen molar-refractivity contribution in [2.24, 2.45) is 5.73 Å². The second-order valence-electron chi connectivity index (χ2n) is 3.49. The lowest BCUT2D eigenvalue weighted by atomic mass is 10.1. The molecule has 18 heavy (non-hydrogen) atoms. The van der Waals surface area contributed by atoms with Crippen LogP contribution in [0.25, 0.3) is 0 Å². The van der Waals surface area contributed by atoms with E-state index in [1.54, 1.807) is 25.1 Å². The number of alkyl halides is 3. The molecule has 0 heterocycles. The van der Waals surface area contributed by atoms with Gasteiger partial charge in [-0.3, -0.25) is 0 Å². The minimum absolute atomic E-state index is 0.0220. The maximum Gasteiger partial charge on any atom is 0.441 e. The second kappa shape index (κ2) is 6.29. The van der Waals surface area contributed by atoms with Gasteiger partial charge in [-0.1, -0.05) is 24.4 Å². The van der Waals surface area contributed by atoms with Crippen LogP contribution in [-0.2, 0) is 0 Å². The molecule has 0 spiro atoms. The molecule has 0 aliphatic rings. The van der Waals surface area contributed by atoms with Crippen LogP contribution in [0.2, 0.25) is 0 Å². The van der Waals surface area contributed by atoms with Crippen LogP contribution >= 0.6 is 24.0 Å². The molecule has 0 unspecified atom stereocenters. The molecule has 0 bridgehead atoms. The number of benzene rings is 1. The summed E-state index contributed by atoms with van der Waals surface area (Å²) in [5, 5.41) is 0. The van der Waals surface area contributed by atoms with E-state index in [1.807, 2.05) is 0 Å². The molecule has 1 rings (SSSR count). The number of thiocarbonyl (C=S) groups is 1. The van der Waals surface area contributed by atoms with Gasteiger partial charge in [0.1, 0.15) is 10.7 Å². The van der Waals surface area contributed by atoms with Crippen LogP contribution in [0.1, 0.15) is 11.1 Å². The lowest BCUT2D eigenvalue weighted by Gasteiger charge is -2.11. The summed E-state index contributed by atoms with van der Waals surface area (Å²) in [5.41, 5.74) is 2.70. The topological polar surface area (TPSA) is 35.2 Å². The third kappa shape index (κ3) is 5.14. The quantitative estimate of drug-likeness (QED) is 0.668. The van der Waals surface area contributed by atoms with Gasteiger partial charge < -0.3 is 10.5 Å². The molecule has 7 heteroatoms. The Morgan fingerprint density at radius 2 is 2.11 bits per heavy atom. The first kappa shape index (κ1) is 15.1. The van der Waals surface area contributed by atoms with Crippen LogP contribution in [0.3, 0.4) is 0 Å². The zero-order valence-corrected chi connectivity index (χ0v) is 11.2. The van der Waals surface area contributed by atoms with Crippen molar-refractivity contribution < 1.29 is 17.9 Å². The SMILES string of the molecule is Cc1ccc(C(N)=S)cc1OCCSC(F)(F)F. The Kier molecular flexibility index (Phi) is 5.28. The second-order valence-corrected chi connectivity index (χ2v) is 5.09. The number of ether oxygens (including phenoxy) is 1. The molecule has 0 saturated carbocycles. The van der Waals surface area contributed by atoms with Gasteiger partial charge >= 0.3 is 5.51 Å². The molecule has 1 aromatic rings. The van der Waals surface area contributed by atoms with E-state index in [9.17, 15) is 13.2 Å². The van der Waals surface area contributed by atoms with Gasteiger partial charge in [-0.15, -0.1) is 0 Å². The largest absolute Gasteiger partial charge is 0.492 e. The molecule has 0 aromatic heterocycles. The van der Waals surface area contributed by atoms with Crippen LogP contribution in [0.5, 0.6) is 5.75 Å². The molecule has 0 fully saturated rings. The van der Waals surface area contributed by atoms with Gasteiger partial charge in [0.05, 0.1) is 6.61 Å². The highest BCUT2D eigenvalue weighted by Crippen LogP contribution is 2.30. The number of hydrogen-bond acceptors (Lipinski definition) is 3. The van der Waals surface area contributed by atoms with E-state index >= 15 is 0 Å². The first-order valence-electron chi connectivity index (χ1n) is 5.03. The average Bonchev–Trinajstić information content (AvgIpc) is 2.24. The zero-order chi connectivity index (χ0) is 13.8. The molecule has 0 aliphatic carbocycles. The molecular formula is C11H12F3NOS2. The van der Waals surface area contributed by atoms with Gasteiger partial charge in [-0.2, -0.15) is 13.2 Å². The molecular weight excluding hydrogens is 283 g/mol. The number of halogens is 3. The molecule has 2 N–H and O–H groups in total. The van der Waals surface area contributed by atoms with E-state index < -0.39 is 5.51 Å². The van der Waals surface area contributed by atoms with Crippen LogP contribution in [-0.4, -0.2) is 22.9 Å². The normalized spacial score (nSPS) is 11.3. The summed E-state index contributed by atoms with van der Waals surface area (Å²) in [4.78, 5) is 0.226. The van der Waals surface area contributed by atoms with Crippen molar-refractivity contribution in [2.75, 3.05) is 12.4 Å². The maximum atomic E-state index is 11.9. The Labute approximate surface area is 113 Å². The fraction of sp³-hybridized carbons (Fsp3) is 0.364. The third-order valence-electron chi connectivity index (χ3n) is 2.08. The summed E-state index contributed by atoms with van der Waals surface area (Å²) in [6.45, 7) is 1.78. The van der Waals surface area contributed by atoms with E-state index in [4.69, 9.17) is 22.7 Å². The Bertz CT molecular complexity index is 435. The Balaban J connectivity index is 2.56. The molecule has 1 aromatic carbocycles. The summed E-state index contributed by atoms with van der Waals surface area (Å²) < 4.78 is 41.0. The fourth-order valence-corrected chi connectivity index (χ4v) is 1.74. The number of nitrogens with two attached hydrogens (primary N) is 1. The average molecular weight is 295 g/mol. The monoisotopic (exact) mass is 295 g/mol. The van der Waals surface area contributed by atoms with Crippen molar-refractivity contribution in [1.82, 2.24) is 0 Å². The van der Waals surface area contributed by atoms with Gasteiger partial charge in [0.25, 0.3) is 0 Å². The molecule has 0 aliphatic heterocycles. The number of hydrogen-bond donors (Lipinski definition) is 1. The summed E-state index contributed by atoms with van der Waals surface area (Å²) in [5.74, 6) is 0.350. The Hall–Kier alpha value is -0.950. The lowest BCUT2D eigenvalue weighted by molar-refractivity contribution is -0.0329. The summed E-state index contributed by atoms with van der Waals surface area (Å²) >= 11 is 4.71. The van der Waals surface area contributed by atoms with Crippen molar-refractivity contribution in [1.29, 1.82) is 0 Å². The van der Waals surface area contributed by atoms with E-state index in [-0.39, 0.29) is 29.1 Å². The Morgan fingerprint density at radius 1 is 1.44 bits per heavy atom. The van der Waals surface area contributed by atoms with Crippen LogP contribution in [0, 0.1) is 6.92 Å². The number of rotatable bonds is 5. The smallest absolute Gasteiger partial charge is 0.441 e. The van der Waals surface area contributed by atoms with Crippen molar-refractivity contribution >= 4 is 29.0 Å². The summed E-state index contributed by atoms with van der Waals surface area (Å²) in [6, 6.07) is 5.14. The van der Waals surface area contributed by atoms with Crippen molar-refractivity contribution in [2.45, 2.75) is 12.4 Å². The minimum Gasteiger partial charge on any atom is -0.492 e. The van der Waals surface area contributed by atoms with Gasteiger partial charge in [0, 0.05) is 11.3 Å². The van der Waals surface area contributed by atoms with Gasteiger partial charge in [0.15, 0.2) is 0 Å². The molecule has 2 nitrogen and oxygen atoms in total. The maximum absolute atomic E-state index is 11.9. The van der Waals surface area contributed by atoms with Crippen molar-refractivity contribution in [3.8, 4) is 5.75 Å². The lowest BCUT2D eigenvalue weighted by Crippen LogP contribution is -2.11. The predicted molar refractivity (Wildman–Crippen MR) is 71.1 cm³/mol. The van der Waals surface area contributed by atoms with Crippen molar-refractivity contribution in [3.63, 3.8) is 0 Å². The van der Waals surface area contributed by atoms with Gasteiger partial charge in [-0.25, -0.2) is 0 Å². The fourth-order valence-electron chi connectivity index (χ4n) is 1.22. The summed E-state index contributed by atoms with van der Waals surface area (Å²) in [6.07, 6.45) is 0. The predicted octanol–water partition coefficient (Wildman–Crippen LogP) is 3.26. The molecule has 0 atom stereocenters. The summed E-state index contributed by atoms with van der Waals surface area (Å²) in [7, 11) is 0. The van der Waals surface area contributed by atoms with E-state index in [0.29, 0.717) is 11.3 Å². The highest BCUT2D eigenvalue weighted by molar-refractivity contribution is 8.00. The standard InChI is InChI=1S/C11H12F3NOS2/c1-7-2-3-8(10(15)17)6-9(7)16-4-5-18-11(12,13)14/h2-3,6H,4-5H2,1H3,(H2,15,17). The number of aryl methyl sites for hydroxylation is 1. The van der Waals surface area contributed by atoms with Crippen LogP contribution in [0.4, 0.5) is 13.2 Å². The van der Waals surface area contributed by atoms with E-state index in [0.717, 1.165) is 5.56 Å². The van der Waals surface area contributed by atoms with Crippen LogP contribution < -0.4 is 10.5 Å². The van der Waals surface area contributed by atoms with Crippen LogP contribution in [0.15, 0.2) is 18.2 Å². The first-order valence-corrected chi connectivity index (χ1v) is 6.43. The first-order chi connectivity index (χ1) is 8.29. The van der Waals surface area contributed by atoms with E-state index in [2.05, 4.69) is 0 Å². The zero-order valence-electron chi connectivity index (χ0n) is 9.58. The van der Waals surface area contributed by atoms with E-state index in [1.165, 1.54) is 0 Å². The molecule has 0 amide bonds. The van der Waals surface area contributed by atoms with Crippen molar-refractivity contribution in [3.05, 3.63) is 29.3 Å². The molecule has 0 radical (unpaired) electrons. The van der Waals surface area contributed by atoms with Gasteiger partial charge in [-0.05, 0) is 30.3 Å². The highest BCUT2D eigenvalue weighted by atomic mass is 32.2. The highest BCUT2D eigenvalue weighted by Gasteiger charge is 2.27. The molecule has 0 saturated heterocycles. The Morgan fingerprint density at radius 3 is 2.67 bits per heavy atom. The molecule has 100 valence electrons. The third-order valence-corrected chi connectivity index (χ3v) is 3.01. The number of thioether (sulfide) groups is 1.